The largest absolute Gasteiger partial charge is 0.460 e. The predicted octanol–water partition coefficient (Wildman–Crippen LogP) is 2.00. The van der Waals surface area contributed by atoms with E-state index in [9.17, 15) is 9.90 Å². The molecule has 3 N–H and O–H groups in total. The fourth-order valence-electron chi connectivity index (χ4n) is 2.73. The lowest BCUT2D eigenvalue weighted by atomic mass is 9.83. The van der Waals surface area contributed by atoms with Gasteiger partial charge in [0.1, 0.15) is 12.6 Å². The predicted molar refractivity (Wildman–Crippen MR) is 76.8 cm³/mol. The first-order valence-corrected chi connectivity index (χ1v) is 7.32. The second-order valence-electron chi connectivity index (χ2n) is 5.51. The molecule has 0 heterocycles. The minimum absolute atomic E-state index is 0.128. The summed E-state index contributed by atoms with van der Waals surface area (Å²) in [5.41, 5.74) is 6.75. The van der Waals surface area contributed by atoms with Crippen LogP contribution in [0, 0.1) is 5.92 Å². The van der Waals surface area contributed by atoms with Gasteiger partial charge in [-0.25, -0.2) is 0 Å². The van der Waals surface area contributed by atoms with Crippen LogP contribution in [0.1, 0.15) is 37.7 Å². The zero-order valence-electron chi connectivity index (χ0n) is 11.7. The van der Waals surface area contributed by atoms with Crippen LogP contribution in [0.5, 0.6) is 0 Å². The lowest BCUT2D eigenvalue weighted by molar-refractivity contribution is -0.150. The van der Waals surface area contributed by atoms with Crippen LogP contribution in [-0.2, 0) is 16.1 Å². The summed E-state index contributed by atoms with van der Waals surface area (Å²) in [5.74, 6) is -0.394. The van der Waals surface area contributed by atoms with Crippen molar-refractivity contribution in [1.29, 1.82) is 0 Å². The van der Waals surface area contributed by atoms with E-state index in [0.717, 1.165) is 31.2 Å². The summed E-state index contributed by atoms with van der Waals surface area (Å²) in [6, 6.07) is 8.51. The Morgan fingerprint density at radius 2 is 1.90 bits per heavy atom. The van der Waals surface area contributed by atoms with Gasteiger partial charge >= 0.3 is 5.97 Å². The number of benzene rings is 1. The van der Waals surface area contributed by atoms with E-state index in [0.29, 0.717) is 0 Å². The van der Waals surface area contributed by atoms with Gasteiger partial charge in [0, 0.05) is 0 Å². The number of hydrogen-bond acceptors (Lipinski definition) is 4. The lowest BCUT2D eigenvalue weighted by Gasteiger charge is -2.29. The molecule has 0 aromatic heterocycles. The van der Waals surface area contributed by atoms with Crippen molar-refractivity contribution in [2.24, 2.45) is 11.7 Å². The second-order valence-corrected chi connectivity index (χ2v) is 5.51. The first kappa shape index (κ1) is 15.0. The van der Waals surface area contributed by atoms with Crippen LogP contribution >= 0.6 is 0 Å². The van der Waals surface area contributed by atoms with Crippen LogP contribution in [0.25, 0.3) is 0 Å². The quantitative estimate of drug-likeness (QED) is 0.807. The molecule has 0 spiro atoms. The second kappa shape index (κ2) is 7.41. The molecule has 0 bridgehead atoms. The maximum Gasteiger partial charge on any atom is 0.325 e. The van der Waals surface area contributed by atoms with Crippen molar-refractivity contribution in [2.45, 2.75) is 50.9 Å². The molecule has 4 heteroatoms. The Kier molecular flexibility index (Phi) is 5.56. The zero-order valence-corrected chi connectivity index (χ0v) is 11.7. The molecule has 0 amide bonds. The summed E-state index contributed by atoms with van der Waals surface area (Å²) in [5, 5.41) is 10.2. The summed E-state index contributed by atoms with van der Waals surface area (Å²) in [4.78, 5) is 11.9. The smallest absolute Gasteiger partial charge is 0.325 e. The molecular weight excluding hydrogens is 254 g/mol. The van der Waals surface area contributed by atoms with Crippen LogP contribution < -0.4 is 5.73 Å². The molecule has 1 saturated carbocycles. The highest BCUT2D eigenvalue weighted by molar-refractivity contribution is 5.76. The summed E-state index contributed by atoms with van der Waals surface area (Å²) < 4.78 is 5.18. The molecule has 2 rings (SSSR count). The minimum atomic E-state index is -0.943. The molecular formula is C16H23NO3. The Bertz CT molecular complexity index is 415. The summed E-state index contributed by atoms with van der Waals surface area (Å²) in [6.07, 6.45) is 4.51. The van der Waals surface area contributed by atoms with Crippen LogP contribution in [0.2, 0.25) is 0 Å². The molecule has 1 aromatic carbocycles. The van der Waals surface area contributed by atoms with Crippen LogP contribution in [-0.4, -0.2) is 23.2 Å². The number of nitrogens with two attached hydrogens (primary N) is 1. The summed E-state index contributed by atoms with van der Waals surface area (Å²) in [6.45, 7) is 0.199. The van der Waals surface area contributed by atoms with Gasteiger partial charge in [-0.1, -0.05) is 49.6 Å². The van der Waals surface area contributed by atoms with Gasteiger partial charge in [-0.05, 0) is 24.3 Å². The molecule has 1 fully saturated rings. The van der Waals surface area contributed by atoms with E-state index >= 15 is 0 Å². The van der Waals surface area contributed by atoms with Crippen molar-refractivity contribution in [2.75, 3.05) is 0 Å². The maximum absolute atomic E-state index is 11.9. The molecule has 0 unspecified atom stereocenters. The molecule has 0 aliphatic heterocycles. The van der Waals surface area contributed by atoms with E-state index in [2.05, 4.69) is 0 Å². The van der Waals surface area contributed by atoms with Gasteiger partial charge < -0.3 is 15.6 Å². The van der Waals surface area contributed by atoms with Crippen molar-refractivity contribution in [3.05, 3.63) is 35.9 Å². The van der Waals surface area contributed by atoms with E-state index in [1.54, 1.807) is 0 Å². The molecule has 0 radical (unpaired) electrons. The Balaban J connectivity index is 1.81. The third-order valence-electron chi connectivity index (χ3n) is 4.00. The Hall–Kier alpha value is -1.39. The third kappa shape index (κ3) is 4.05. The number of rotatable bonds is 5. The molecule has 1 aliphatic rings. The van der Waals surface area contributed by atoms with Crippen LogP contribution in [0.3, 0.4) is 0 Å². The van der Waals surface area contributed by atoms with Crippen LogP contribution in [0.4, 0.5) is 0 Å². The average Bonchev–Trinajstić information content (AvgIpc) is 2.53. The molecule has 4 nitrogen and oxygen atoms in total. The summed E-state index contributed by atoms with van der Waals surface area (Å²) in [7, 11) is 0. The number of ether oxygens (including phenoxy) is 1. The molecule has 20 heavy (non-hydrogen) atoms. The summed E-state index contributed by atoms with van der Waals surface area (Å²) >= 11 is 0. The number of aliphatic hydroxyl groups is 1. The van der Waals surface area contributed by atoms with Crippen molar-refractivity contribution >= 4 is 5.97 Å². The van der Waals surface area contributed by atoms with E-state index in [1.165, 1.54) is 6.42 Å². The van der Waals surface area contributed by atoms with Gasteiger partial charge in [0.15, 0.2) is 0 Å². The highest BCUT2D eigenvalue weighted by Crippen LogP contribution is 2.27. The highest BCUT2D eigenvalue weighted by Gasteiger charge is 2.31. The standard InChI is InChI=1S/C16H23NO3/c17-14(15(18)13-9-5-2-6-10-13)16(19)20-11-12-7-3-1-4-8-12/h1,3-4,7-8,13-15,18H,2,5-6,9-11,17H2/t14-,15-/m0/s1. The third-order valence-corrected chi connectivity index (χ3v) is 4.00. The van der Waals surface area contributed by atoms with Crippen molar-refractivity contribution in [3.8, 4) is 0 Å². The molecule has 1 aromatic rings. The maximum atomic E-state index is 11.9. The average molecular weight is 277 g/mol. The monoisotopic (exact) mass is 277 g/mol. The van der Waals surface area contributed by atoms with Gasteiger partial charge in [0.05, 0.1) is 6.10 Å². The van der Waals surface area contributed by atoms with E-state index in [-0.39, 0.29) is 12.5 Å². The first-order valence-electron chi connectivity index (χ1n) is 7.32. The zero-order chi connectivity index (χ0) is 14.4. The fourth-order valence-corrected chi connectivity index (χ4v) is 2.73. The number of carbonyl (C=O) groups is 1. The van der Waals surface area contributed by atoms with Gasteiger partial charge in [-0.15, -0.1) is 0 Å². The van der Waals surface area contributed by atoms with Gasteiger partial charge in [-0.2, -0.15) is 0 Å². The number of esters is 1. The molecule has 0 saturated heterocycles. The Morgan fingerprint density at radius 3 is 2.55 bits per heavy atom. The van der Waals surface area contributed by atoms with Crippen LogP contribution in [0.15, 0.2) is 30.3 Å². The van der Waals surface area contributed by atoms with Gasteiger partial charge in [0.25, 0.3) is 0 Å². The fraction of sp³-hybridized carbons (Fsp3) is 0.562. The topological polar surface area (TPSA) is 72.6 Å². The van der Waals surface area contributed by atoms with Crippen molar-refractivity contribution < 1.29 is 14.6 Å². The van der Waals surface area contributed by atoms with Crippen molar-refractivity contribution in [1.82, 2.24) is 0 Å². The minimum Gasteiger partial charge on any atom is -0.460 e. The van der Waals surface area contributed by atoms with Gasteiger partial charge in [0.2, 0.25) is 0 Å². The molecule has 2 atom stereocenters. The first-order chi connectivity index (χ1) is 9.68. The van der Waals surface area contributed by atoms with E-state index in [1.807, 2.05) is 30.3 Å². The van der Waals surface area contributed by atoms with E-state index < -0.39 is 18.1 Å². The number of carbonyl (C=O) groups excluding carboxylic acids is 1. The lowest BCUT2D eigenvalue weighted by Crippen LogP contribution is -2.47. The molecule has 1 aliphatic carbocycles. The number of hydrogen-bond donors (Lipinski definition) is 2. The molecule has 110 valence electrons. The SMILES string of the molecule is N[C@H](C(=O)OCc1ccccc1)[C@@H](O)C1CCCCC1. The number of aliphatic hydroxyl groups excluding tert-OH is 1. The van der Waals surface area contributed by atoms with Gasteiger partial charge in [-0.3, -0.25) is 4.79 Å². The highest BCUT2D eigenvalue weighted by atomic mass is 16.5. The van der Waals surface area contributed by atoms with Crippen molar-refractivity contribution in [3.63, 3.8) is 0 Å². The Labute approximate surface area is 119 Å². The Morgan fingerprint density at radius 1 is 1.25 bits per heavy atom. The normalized spacial score (nSPS) is 19.3. The van der Waals surface area contributed by atoms with E-state index in [4.69, 9.17) is 10.5 Å².